The number of aliphatic hydroxyl groups is 1. The number of allylic oxidation sites excluding steroid dienone is 1. The Morgan fingerprint density at radius 1 is 1.27 bits per heavy atom. The summed E-state index contributed by atoms with van der Waals surface area (Å²) in [4.78, 5) is 23.7. The Morgan fingerprint density at radius 3 is 2.69 bits per heavy atom. The molecule has 0 aliphatic carbocycles. The number of hydrogen-bond donors (Lipinski definition) is 3. The SMILES string of the molecule is O=C(C=C(O)c1nn[nH]n1)c1cc(C(=O)O)n(Cc2ccccc2F)c1. The fourth-order valence-electron chi connectivity index (χ4n) is 2.31. The summed E-state index contributed by atoms with van der Waals surface area (Å²) in [6.45, 7) is -0.0673. The lowest BCUT2D eigenvalue weighted by atomic mass is 10.2. The largest absolute Gasteiger partial charge is 0.504 e. The normalized spacial score (nSPS) is 11.5. The molecule has 10 heteroatoms. The first-order valence-electron chi connectivity index (χ1n) is 7.31. The Kier molecular flexibility index (Phi) is 4.56. The molecule has 26 heavy (non-hydrogen) atoms. The molecule has 0 aliphatic heterocycles. The molecule has 0 fully saturated rings. The molecular weight excluding hydrogens is 345 g/mol. The predicted octanol–water partition coefficient (Wildman–Crippen LogP) is 1.67. The second-order valence-corrected chi connectivity index (χ2v) is 5.27. The molecule has 3 aromatic rings. The second kappa shape index (κ2) is 6.97. The molecule has 3 rings (SSSR count). The summed E-state index contributed by atoms with van der Waals surface area (Å²) >= 11 is 0. The molecule has 0 spiro atoms. The van der Waals surface area contributed by atoms with Crippen LogP contribution >= 0.6 is 0 Å². The standard InChI is InChI=1S/C16H12FN5O4/c17-11-4-2-1-3-9(11)7-22-8-10(5-12(22)16(25)26)13(23)6-14(24)15-18-20-21-19-15/h1-6,8,24H,7H2,(H,25,26)(H,18,19,20,21). The maximum atomic E-state index is 13.8. The number of carbonyl (C=O) groups is 2. The van der Waals surface area contributed by atoms with Crippen LogP contribution < -0.4 is 0 Å². The van der Waals surface area contributed by atoms with Gasteiger partial charge in [0.05, 0.1) is 6.54 Å². The molecule has 0 bridgehead atoms. The number of aromatic nitrogens is 5. The van der Waals surface area contributed by atoms with Gasteiger partial charge in [-0.1, -0.05) is 18.2 Å². The molecule has 132 valence electrons. The number of nitrogens with one attached hydrogen (secondary N) is 1. The molecule has 3 N–H and O–H groups in total. The maximum absolute atomic E-state index is 13.8. The van der Waals surface area contributed by atoms with Crippen LogP contribution in [0.2, 0.25) is 0 Å². The minimum absolute atomic E-state index is 0.00813. The van der Waals surface area contributed by atoms with E-state index in [-0.39, 0.29) is 29.2 Å². The lowest BCUT2D eigenvalue weighted by Crippen LogP contribution is -2.09. The zero-order valence-corrected chi connectivity index (χ0v) is 13.1. The first-order valence-corrected chi connectivity index (χ1v) is 7.31. The van der Waals surface area contributed by atoms with E-state index < -0.39 is 23.3 Å². The van der Waals surface area contributed by atoms with E-state index >= 15 is 0 Å². The molecule has 9 nitrogen and oxygen atoms in total. The average Bonchev–Trinajstić information content (AvgIpc) is 3.26. The summed E-state index contributed by atoms with van der Waals surface area (Å²) in [7, 11) is 0. The molecule has 1 aromatic carbocycles. The summed E-state index contributed by atoms with van der Waals surface area (Å²) in [6.07, 6.45) is 2.12. The van der Waals surface area contributed by atoms with Crippen LogP contribution in [-0.4, -0.2) is 47.2 Å². The topological polar surface area (TPSA) is 134 Å². The van der Waals surface area contributed by atoms with Crippen molar-refractivity contribution < 1.29 is 24.2 Å². The highest BCUT2D eigenvalue weighted by atomic mass is 19.1. The number of hydrogen-bond acceptors (Lipinski definition) is 6. The lowest BCUT2D eigenvalue weighted by Gasteiger charge is -2.07. The van der Waals surface area contributed by atoms with E-state index in [9.17, 15) is 24.2 Å². The van der Waals surface area contributed by atoms with Crippen molar-refractivity contribution in [2.45, 2.75) is 6.54 Å². The van der Waals surface area contributed by atoms with Gasteiger partial charge in [0.2, 0.25) is 5.82 Å². The van der Waals surface area contributed by atoms with Gasteiger partial charge >= 0.3 is 5.97 Å². The Balaban J connectivity index is 1.92. The number of carboxylic acid groups (broad SMARTS) is 1. The monoisotopic (exact) mass is 357 g/mol. The quantitative estimate of drug-likeness (QED) is 0.347. The van der Waals surface area contributed by atoms with Gasteiger partial charge in [0.15, 0.2) is 11.5 Å². The van der Waals surface area contributed by atoms with Crippen LogP contribution in [0.4, 0.5) is 4.39 Å². The number of carboxylic acids is 1. The number of H-pyrrole nitrogens is 1. The Bertz CT molecular complexity index is 994. The van der Waals surface area contributed by atoms with Gasteiger partial charge in [0.1, 0.15) is 11.5 Å². The molecule has 0 unspecified atom stereocenters. The number of halogens is 1. The van der Waals surface area contributed by atoms with Gasteiger partial charge in [-0.2, -0.15) is 5.21 Å². The molecule has 0 amide bonds. The van der Waals surface area contributed by atoms with Crippen LogP contribution in [0.5, 0.6) is 0 Å². The molecule has 0 saturated heterocycles. The maximum Gasteiger partial charge on any atom is 0.352 e. The zero-order valence-electron chi connectivity index (χ0n) is 13.1. The number of ketones is 1. The van der Waals surface area contributed by atoms with Crippen LogP contribution in [0.25, 0.3) is 5.76 Å². The Labute approximate surface area is 145 Å². The zero-order chi connectivity index (χ0) is 18.7. The van der Waals surface area contributed by atoms with Crippen molar-refractivity contribution in [2.75, 3.05) is 0 Å². The summed E-state index contributed by atoms with van der Waals surface area (Å²) in [5.41, 5.74) is 0.0904. The summed E-state index contributed by atoms with van der Waals surface area (Å²) in [5.74, 6) is -3.13. The van der Waals surface area contributed by atoms with Gasteiger partial charge < -0.3 is 14.8 Å². The number of aromatic carboxylic acids is 1. The lowest BCUT2D eigenvalue weighted by molar-refractivity contribution is 0.0685. The number of carbonyl (C=O) groups excluding carboxylic acids is 1. The molecule has 2 aromatic heterocycles. The first kappa shape index (κ1) is 17.0. The van der Waals surface area contributed by atoms with Crippen LogP contribution in [0.15, 0.2) is 42.6 Å². The predicted molar refractivity (Wildman–Crippen MR) is 86.0 cm³/mol. The highest BCUT2D eigenvalue weighted by Gasteiger charge is 2.18. The molecule has 0 atom stereocenters. The van der Waals surface area contributed by atoms with E-state index in [1.54, 1.807) is 6.07 Å². The van der Waals surface area contributed by atoms with E-state index in [0.29, 0.717) is 0 Å². The minimum atomic E-state index is -1.27. The van der Waals surface area contributed by atoms with Gasteiger partial charge in [-0.05, 0) is 17.3 Å². The number of tetrazole rings is 1. The molecule has 0 aliphatic rings. The van der Waals surface area contributed by atoms with E-state index in [4.69, 9.17) is 0 Å². The van der Waals surface area contributed by atoms with E-state index in [1.165, 1.54) is 29.0 Å². The number of aromatic amines is 1. The van der Waals surface area contributed by atoms with Crippen LogP contribution in [0.3, 0.4) is 0 Å². The number of rotatable bonds is 6. The average molecular weight is 357 g/mol. The molecule has 2 heterocycles. The van der Waals surface area contributed by atoms with Crippen LogP contribution in [0, 0.1) is 5.82 Å². The van der Waals surface area contributed by atoms with E-state index in [0.717, 1.165) is 12.1 Å². The van der Waals surface area contributed by atoms with Gasteiger partial charge in [0, 0.05) is 23.4 Å². The van der Waals surface area contributed by atoms with Crippen molar-refractivity contribution >= 4 is 17.5 Å². The third-order valence-corrected chi connectivity index (χ3v) is 3.54. The second-order valence-electron chi connectivity index (χ2n) is 5.27. The number of benzene rings is 1. The van der Waals surface area contributed by atoms with Crippen molar-refractivity contribution in [1.82, 2.24) is 25.2 Å². The van der Waals surface area contributed by atoms with Gasteiger partial charge in [-0.25, -0.2) is 9.18 Å². The number of aliphatic hydroxyl groups excluding tert-OH is 1. The third-order valence-electron chi connectivity index (χ3n) is 3.54. The minimum Gasteiger partial charge on any atom is -0.504 e. The van der Waals surface area contributed by atoms with Crippen molar-refractivity contribution in [3.05, 3.63) is 71.1 Å². The van der Waals surface area contributed by atoms with Gasteiger partial charge in [0.25, 0.3) is 0 Å². The smallest absolute Gasteiger partial charge is 0.352 e. The summed E-state index contributed by atoms with van der Waals surface area (Å²) in [5, 5.41) is 31.5. The van der Waals surface area contributed by atoms with Crippen LogP contribution in [0.1, 0.15) is 32.2 Å². The van der Waals surface area contributed by atoms with Crippen molar-refractivity contribution in [3.63, 3.8) is 0 Å². The van der Waals surface area contributed by atoms with E-state index in [1.807, 2.05) is 0 Å². The first-order chi connectivity index (χ1) is 12.5. The summed E-state index contributed by atoms with van der Waals surface area (Å²) in [6, 6.07) is 7.07. The fraction of sp³-hybridized carbons (Fsp3) is 0.0625. The Morgan fingerprint density at radius 2 is 2.04 bits per heavy atom. The molecule has 0 saturated carbocycles. The Hall–Kier alpha value is -3.82. The highest BCUT2D eigenvalue weighted by molar-refractivity contribution is 6.08. The van der Waals surface area contributed by atoms with E-state index in [2.05, 4.69) is 20.6 Å². The fourth-order valence-corrected chi connectivity index (χ4v) is 2.31. The van der Waals surface area contributed by atoms with Crippen LogP contribution in [-0.2, 0) is 6.54 Å². The third kappa shape index (κ3) is 3.48. The van der Waals surface area contributed by atoms with Gasteiger partial charge in [-0.3, -0.25) is 4.79 Å². The van der Waals surface area contributed by atoms with Crippen molar-refractivity contribution in [3.8, 4) is 0 Å². The van der Waals surface area contributed by atoms with Gasteiger partial charge in [-0.15, -0.1) is 10.2 Å². The molecule has 0 radical (unpaired) electrons. The van der Waals surface area contributed by atoms with Crippen molar-refractivity contribution in [2.24, 2.45) is 0 Å². The summed E-state index contributed by atoms with van der Waals surface area (Å²) < 4.78 is 15.1. The molecular formula is C16H12FN5O4. The highest BCUT2D eigenvalue weighted by Crippen LogP contribution is 2.16. The van der Waals surface area contributed by atoms with Crippen molar-refractivity contribution in [1.29, 1.82) is 0 Å². The number of nitrogens with zero attached hydrogens (tertiary/aromatic N) is 4.